The molecule has 0 atom stereocenters. The lowest BCUT2D eigenvalue weighted by atomic mass is 9.93. The summed E-state index contributed by atoms with van der Waals surface area (Å²) < 4.78 is 14.3. The van der Waals surface area contributed by atoms with Crippen LogP contribution >= 0.6 is 0 Å². The van der Waals surface area contributed by atoms with Crippen molar-refractivity contribution in [3.05, 3.63) is 37.1 Å². The molecule has 1 N–H and O–H groups in total. The maximum absolute atomic E-state index is 6.54. The van der Waals surface area contributed by atoms with E-state index < -0.39 is 0 Å². The molecule has 5 heterocycles. The normalized spacial score (nSPS) is 21.4. The van der Waals surface area contributed by atoms with Gasteiger partial charge in [0.05, 0.1) is 30.4 Å². The molecular weight excluding hydrogens is 422 g/mol. The second-order valence-corrected chi connectivity index (χ2v) is 8.47. The second kappa shape index (κ2) is 8.74. The molecule has 0 bridgehead atoms. The zero-order valence-electron chi connectivity index (χ0n) is 18.2. The van der Waals surface area contributed by atoms with Crippen LogP contribution in [0.15, 0.2) is 37.1 Å². The molecule has 1 saturated heterocycles. The fraction of sp³-hybridized carbons (Fsp3) is 0.455. The van der Waals surface area contributed by atoms with Crippen LogP contribution in [-0.2, 0) is 4.74 Å². The van der Waals surface area contributed by atoms with E-state index in [4.69, 9.17) is 14.5 Å². The molecule has 0 spiro atoms. The van der Waals surface area contributed by atoms with Crippen LogP contribution in [-0.4, -0.2) is 72.6 Å². The van der Waals surface area contributed by atoms with Crippen molar-refractivity contribution >= 4 is 16.7 Å². The Labute approximate surface area is 190 Å². The number of nitrogens with zero attached hydrogens (tertiary/aromatic N) is 8. The number of pyridine rings is 2. The van der Waals surface area contributed by atoms with Gasteiger partial charge in [0.1, 0.15) is 11.9 Å². The first kappa shape index (κ1) is 20.0. The Bertz CT molecular complexity index is 1200. The summed E-state index contributed by atoms with van der Waals surface area (Å²) in [5.41, 5.74) is 1.60. The lowest BCUT2D eigenvalue weighted by Gasteiger charge is -2.31. The van der Waals surface area contributed by atoms with Gasteiger partial charge in [0.2, 0.25) is 11.7 Å². The molecule has 1 aliphatic heterocycles. The molecule has 0 amide bonds. The van der Waals surface area contributed by atoms with Crippen LogP contribution in [0.25, 0.3) is 22.3 Å². The molecule has 1 aliphatic carbocycles. The zero-order valence-corrected chi connectivity index (χ0v) is 18.2. The van der Waals surface area contributed by atoms with Crippen molar-refractivity contribution in [1.29, 1.82) is 0 Å². The Morgan fingerprint density at radius 2 is 1.97 bits per heavy atom. The van der Waals surface area contributed by atoms with Gasteiger partial charge in [-0.15, -0.1) is 10.2 Å². The molecule has 2 aliphatic rings. The quantitative estimate of drug-likeness (QED) is 0.492. The number of morpholine rings is 1. The molecule has 0 unspecified atom stereocenters. The minimum absolute atomic E-state index is 0.106. The number of hydrogen-bond donors (Lipinski definition) is 1. The van der Waals surface area contributed by atoms with Crippen LogP contribution < -0.4 is 9.64 Å². The summed E-state index contributed by atoms with van der Waals surface area (Å²) in [5, 5.41) is 15.2. The van der Waals surface area contributed by atoms with Gasteiger partial charge < -0.3 is 18.9 Å². The van der Waals surface area contributed by atoms with E-state index in [0.29, 0.717) is 31.0 Å². The largest absolute Gasteiger partial charge is 0.474 e. The third kappa shape index (κ3) is 4.11. The number of nitrogens with one attached hydrogen (secondary N) is 1. The minimum atomic E-state index is 0.106. The van der Waals surface area contributed by atoms with Crippen molar-refractivity contribution in [2.24, 2.45) is 0 Å². The maximum atomic E-state index is 6.54. The molecule has 1 saturated carbocycles. The summed E-state index contributed by atoms with van der Waals surface area (Å²) in [7, 11) is 0. The highest BCUT2D eigenvalue weighted by Crippen LogP contribution is 2.34. The number of anilines is 1. The minimum Gasteiger partial charge on any atom is -0.474 e. The number of aromatic nitrogens is 8. The molecule has 0 aromatic carbocycles. The highest BCUT2D eigenvalue weighted by Gasteiger charge is 2.25. The summed E-state index contributed by atoms with van der Waals surface area (Å²) in [5.74, 6) is 1.97. The van der Waals surface area contributed by atoms with E-state index in [1.54, 1.807) is 6.20 Å². The molecule has 6 rings (SSSR count). The van der Waals surface area contributed by atoms with Gasteiger partial charge in [-0.05, 0) is 37.0 Å². The molecule has 11 nitrogen and oxygen atoms in total. The van der Waals surface area contributed by atoms with Gasteiger partial charge in [-0.1, -0.05) is 0 Å². The number of tetrazole rings is 1. The van der Waals surface area contributed by atoms with E-state index in [1.165, 1.54) is 0 Å². The van der Waals surface area contributed by atoms with Crippen LogP contribution in [0, 0.1) is 0 Å². The van der Waals surface area contributed by atoms with Crippen molar-refractivity contribution in [3.63, 3.8) is 0 Å². The van der Waals surface area contributed by atoms with Gasteiger partial charge in [-0.25, -0.2) is 4.98 Å². The molecule has 170 valence electrons. The number of ether oxygens (including phenoxy) is 2. The number of hydrogen-bond acceptors (Lipinski definition) is 9. The number of rotatable bonds is 5. The van der Waals surface area contributed by atoms with Gasteiger partial charge >= 0.3 is 0 Å². The van der Waals surface area contributed by atoms with Gasteiger partial charge in [0.15, 0.2) is 0 Å². The number of imidazole rings is 1. The summed E-state index contributed by atoms with van der Waals surface area (Å²) in [4.78, 5) is 16.0. The van der Waals surface area contributed by atoms with Crippen LogP contribution in [0.3, 0.4) is 0 Å². The van der Waals surface area contributed by atoms with Crippen LogP contribution in [0.2, 0.25) is 0 Å². The first-order valence-corrected chi connectivity index (χ1v) is 11.3. The number of aromatic amines is 1. The Morgan fingerprint density at radius 3 is 2.73 bits per heavy atom. The molecular formula is C22H25N9O2. The van der Waals surface area contributed by atoms with Crippen molar-refractivity contribution in [2.75, 3.05) is 31.2 Å². The average Bonchev–Trinajstić information content (AvgIpc) is 3.60. The fourth-order valence-electron chi connectivity index (χ4n) is 4.64. The van der Waals surface area contributed by atoms with Crippen molar-refractivity contribution < 1.29 is 9.47 Å². The third-order valence-corrected chi connectivity index (χ3v) is 6.44. The molecule has 2 fully saturated rings. The molecule has 0 radical (unpaired) electrons. The molecule has 4 aromatic rings. The lowest BCUT2D eigenvalue weighted by molar-refractivity contribution is 0.121. The van der Waals surface area contributed by atoms with Gasteiger partial charge in [-0.2, -0.15) is 10.2 Å². The van der Waals surface area contributed by atoms with Crippen LogP contribution in [0.5, 0.6) is 5.88 Å². The molecule has 4 aromatic heterocycles. The molecule has 11 heteroatoms. The molecule has 33 heavy (non-hydrogen) atoms. The van der Waals surface area contributed by atoms with Crippen molar-refractivity contribution in [1.82, 2.24) is 40.1 Å². The average molecular weight is 448 g/mol. The second-order valence-electron chi connectivity index (χ2n) is 8.47. The Balaban J connectivity index is 1.31. The monoisotopic (exact) mass is 447 g/mol. The lowest BCUT2D eigenvalue weighted by Crippen LogP contribution is -2.36. The summed E-state index contributed by atoms with van der Waals surface area (Å²) in [6.07, 6.45) is 11.7. The van der Waals surface area contributed by atoms with Crippen LogP contribution in [0.1, 0.15) is 31.7 Å². The topological polar surface area (TPSA) is 120 Å². The predicted octanol–water partition coefficient (Wildman–Crippen LogP) is 2.41. The van der Waals surface area contributed by atoms with Gasteiger partial charge in [0, 0.05) is 49.4 Å². The summed E-state index contributed by atoms with van der Waals surface area (Å²) >= 11 is 0. The summed E-state index contributed by atoms with van der Waals surface area (Å²) in [6, 6.07) is 4.47. The first-order valence-electron chi connectivity index (χ1n) is 11.3. The summed E-state index contributed by atoms with van der Waals surface area (Å²) in [6.45, 7) is 2.99. The Morgan fingerprint density at radius 1 is 1.09 bits per heavy atom. The van der Waals surface area contributed by atoms with E-state index in [0.717, 1.165) is 61.1 Å². The highest BCUT2D eigenvalue weighted by molar-refractivity contribution is 5.88. The zero-order chi connectivity index (χ0) is 22.0. The first-order chi connectivity index (χ1) is 16.3. The van der Waals surface area contributed by atoms with Crippen molar-refractivity contribution in [3.8, 4) is 17.3 Å². The van der Waals surface area contributed by atoms with E-state index >= 15 is 0 Å². The maximum Gasteiger partial charge on any atom is 0.225 e. The standard InChI is InChI=1S/C22H25N9O2/c1-3-17(4-2-16(1)31-6-5-23-14-31)33-22-18-11-15(21-26-28-29-27-21)13-24-19(18)12-20(25-22)30-7-9-32-10-8-30/h5-6,11-14,16-17H,1-4,7-10H2,(H,26,27,28,29). The van der Waals surface area contributed by atoms with Crippen molar-refractivity contribution in [2.45, 2.75) is 37.8 Å². The van der Waals surface area contributed by atoms with Gasteiger partial charge in [0.25, 0.3) is 0 Å². The number of H-pyrrole nitrogens is 1. The highest BCUT2D eigenvalue weighted by atomic mass is 16.5. The number of fused-ring (bicyclic) bond motifs is 1. The fourth-order valence-corrected chi connectivity index (χ4v) is 4.64. The third-order valence-electron chi connectivity index (χ3n) is 6.44. The smallest absolute Gasteiger partial charge is 0.225 e. The van der Waals surface area contributed by atoms with Gasteiger partial charge in [-0.3, -0.25) is 4.98 Å². The van der Waals surface area contributed by atoms with E-state index in [-0.39, 0.29) is 6.10 Å². The predicted molar refractivity (Wildman–Crippen MR) is 120 cm³/mol. The van der Waals surface area contributed by atoms with Crippen LogP contribution in [0.4, 0.5) is 5.82 Å². The van der Waals surface area contributed by atoms with E-state index in [9.17, 15) is 0 Å². The SMILES string of the molecule is c1cn(C2CCC(Oc3nc(N4CCOCC4)cc4ncc(-c5nn[nH]n5)cc34)CC2)cn1. The van der Waals surface area contributed by atoms with E-state index in [2.05, 4.69) is 40.1 Å². The van der Waals surface area contributed by atoms with E-state index in [1.807, 2.05) is 30.9 Å². The Hall–Kier alpha value is -3.60. The Kier molecular flexibility index (Phi) is 5.31.